The van der Waals surface area contributed by atoms with Gasteiger partial charge in [0.15, 0.2) is 0 Å². The zero-order valence-corrected chi connectivity index (χ0v) is 14.7. The van der Waals surface area contributed by atoms with Crippen LogP contribution in [0.5, 0.6) is 0 Å². The van der Waals surface area contributed by atoms with Crippen molar-refractivity contribution < 1.29 is 9.18 Å². The van der Waals surface area contributed by atoms with E-state index in [1.54, 1.807) is 34.4 Å². The molecule has 0 aliphatic carbocycles. The molecular weight excluding hydrogens is 325 g/mol. The average molecular weight is 347 g/mol. The zero-order valence-electron chi connectivity index (χ0n) is 13.9. The highest BCUT2D eigenvalue weighted by molar-refractivity contribution is 7.09. The minimum Gasteiger partial charge on any atom is -0.337 e. The van der Waals surface area contributed by atoms with E-state index < -0.39 is 5.82 Å². The maximum absolute atomic E-state index is 13.8. The quantitative estimate of drug-likeness (QED) is 0.852. The summed E-state index contributed by atoms with van der Waals surface area (Å²) >= 11 is 1.70. The Morgan fingerprint density at radius 2 is 2.08 bits per heavy atom. The third-order valence-electron chi connectivity index (χ3n) is 4.27. The third-order valence-corrected chi connectivity index (χ3v) is 5.31. The zero-order chi connectivity index (χ0) is 16.9. The van der Waals surface area contributed by atoms with Crippen molar-refractivity contribution in [1.29, 1.82) is 0 Å². The van der Waals surface area contributed by atoms with Crippen molar-refractivity contribution in [2.24, 2.45) is 0 Å². The predicted molar refractivity (Wildman–Crippen MR) is 93.7 cm³/mol. The highest BCUT2D eigenvalue weighted by atomic mass is 32.1. The van der Waals surface area contributed by atoms with Crippen LogP contribution >= 0.6 is 11.3 Å². The van der Waals surface area contributed by atoms with Gasteiger partial charge in [-0.1, -0.05) is 19.1 Å². The van der Waals surface area contributed by atoms with Crippen molar-refractivity contribution >= 4 is 17.2 Å². The smallest absolute Gasteiger partial charge is 0.256 e. The maximum Gasteiger partial charge on any atom is 0.256 e. The van der Waals surface area contributed by atoms with Crippen LogP contribution in [0.3, 0.4) is 0 Å². The molecule has 0 bridgehead atoms. The van der Waals surface area contributed by atoms with Gasteiger partial charge >= 0.3 is 0 Å². The van der Waals surface area contributed by atoms with Crippen LogP contribution in [0.4, 0.5) is 4.39 Å². The number of aryl methyl sites for hydroxylation is 1. The first-order valence-electron chi connectivity index (χ1n) is 8.37. The molecule has 0 N–H and O–H groups in total. The van der Waals surface area contributed by atoms with Gasteiger partial charge in [0.2, 0.25) is 0 Å². The van der Waals surface area contributed by atoms with Gasteiger partial charge in [0.05, 0.1) is 16.3 Å². The van der Waals surface area contributed by atoms with E-state index in [0.29, 0.717) is 13.1 Å². The number of hydrogen-bond donors (Lipinski definition) is 0. The molecule has 3 rings (SSSR count). The van der Waals surface area contributed by atoms with Crippen LogP contribution in [0.15, 0.2) is 29.6 Å². The molecule has 1 aliphatic heterocycles. The summed E-state index contributed by atoms with van der Waals surface area (Å²) in [5.41, 5.74) is 1.27. The van der Waals surface area contributed by atoms with Crippen molar-refractivity contribution in [1.82, 2.24) is 14.8 Å². The van der Waals surface area contributed by atoms with Crippen LogP contribution in [0.2, 0.25) is 0 Å². The van der Waals surface area contributed by atoms with Crippen LogP contribution in [0.1, 0.15) is 34.4 Å². The number of halogens is 1. The summed E-state index contributed by atoms with van der Waals surface area (Å²) < 4.78 is 13.8. The van der Waals surface area contributed by atoms with Crippen LogP contribution in [0, 0.1) is 5.82 Å². The first-order chi connectivity index (χ1) is 11.7. The Morgan fingerprint density at radius 1 is 1.25 bits per heavy atom. The molecule has 1 aromatic carbocycles. The summed E-state index contributed by atoms with van der Waals surface area (Å²) in [6.07, 6.45) is 1.86. The van der Waals surface area contributed by atoms with Crippen LogP contribution in [-0.4, -0.2) is 46.9 Å². The fraction of sp³-hybridized carbons (Fsp3) is 0.444. The minimum atomic E-state index is -0.446. The second kappa shape index (κ2) is 7.85. The Hall–Kier alpha value is -1.79. The van der Waals surface area contributed by atoms with E-state index in [1.807, 2.05) is 0 Å². The minimum absolute atomic E-state index is 0.165. The number of nitrogens with zero attached hydrogens (tertiary/aromatic N) is 3. The number of aromatic nitrogens is 1. The molecule has 6 heteroatoms. The Balaban J connectivity index is 1.60. The first kappa shape index (κ1) is 17.0. The lowest BCUT2D eigenvalue weighted by molar-refractivity contribution is 0.0756. The Morgan fingerprint density at radius 3 is 2.83 bits per heavy atom. The predicted octanol–water partition coefficient (Wildman–Crippen LogP) is 3.19. The van der Waals surface area contributed by atoms with E-state index in [0.717, 1.165) is 43.2 Å². The van der Waals surface area contributed by atoms with E-state index in [2.05, 4.69) is 22.2 Å². The third kappa shape index (κ3) is 3.99. The number of carbonyl (C=O) groups excluding carboxylic acids is 1. The lowest BCUT2D eigenvalue weighted by Crippen LogP contribution is -2.35. The van der Waals surface area contributed by atoms with Gasteiger partial charge in [-0.2, -0.15) is 0 Å². The molecule has 1 aliphatic rings. The first-order valence-corrected chi connectivity index (χ1v) is 9.24. The Bertz CT molecular complexity index is 703. The number of thiazole rings is 1. The van der Waals surface area contributed by atoms with Gasteiger partial charge in [0.1, 0.15) is 5.82 Å². The van der Waals surface area contributed by atoms with Crippen molar-refractivity contribution in [2.75, 3.05) is 26.2 Å². The van der Waals surface area contributed by atoms with E-state index in [4.69, 9.17) is 0 Å². The molecule has 1 aromatic heterocycles. The molecule has 0 atom stereocenters. The molecule has 0 radical (unpaired) electrons. The van der Waals surface area contributed by atoms with Crippen LogP contribution in [0.25, 0.3) is 0 Å². The summed E-state index contributed by atoms with van der Waals surface area (Å²) in [5, 5.41) is 3.28. The second-order valence-corrected chi connectivity index (χ2v) is 6.93. The number of benzene rings is 1. The number of carbonyl (C=O) groups is 1. The highest BCUT2D eigenvalue weighted by Gasteiger charge is 2.22. The maximum atomic E-state index is 13.8. The molecule has 2 heterocycles. The molecule has 0 spiro atoms. The SMILES string of the molecule is CCc1nc(CN2CCCN(C(=O)c3ccccc3F)CC2)cs1. The van der Waals surface area contributed by atoms with Gasteiger partial charge in [-0.05, 0) is 25.0 Å². The van der Waals surface area contributed by atoms with Gasteiger partial charge in [-0.15, -0.1) is 11.3 Å². The lowest BCUT2D eigenvalue weighted by atomic mass is 10.2. The molecule has 24 heavy (non-hydrogen) atoms. The molecular formula is C18H22FN3OS. The largest absolute Gasteiger partial charge is 0.337 e. The van der Waals surface area contributed by atoms with Crippen molar-refractivity contribution in [3.05, 3.63) is 51.7 Å². The van der Waals surface area contributed by atoms with Gasteiger partial charge in [-0.25, -0.2) is 9.37 Å². The topological polar surface area (TPSA) is 36.4 Å². The summed E-state index contributed by atoms with van der Waals surface area (Å²) in [4.78, 5) is 21.2. The summed E-state index contributed by atoms with van der Waals surface area (Å²) in [7, 11) is 0. The highest BCUT2D eigenvalue weighted by Crippen LogP contribution is 2.16. The van der Waals surface area contributed by atoms with E-state index >= 15 is 0 Å². The molecule has 0 saturated carbocycles. The second-order valence-electron chi connectivity index (χ2n) is 5.99. The number of rotatable bonds is 4. The Labute approximate surface area is 145 Å². The van der Waals surface area contributed by atoms with E-state index in [-0.39, 0.29) is 11.5 Å². The lowest BCUT2D eigenvalue weighted by Gasteiger charge is -2.21. The summed E-state index contributed by atoms with van der Waals surface area (Å²) in [6.45, 7) is 5.94. The number of amides is 1. The van der Waals surface area contributed by atoms with E-state index in [9.17, 15) is 9.18 Å². The van der Waals surface area contributed by atoms with Gasteiger partial charge in [0, 0.05) is 38.1 Å². The van der Waals surface area contributed by atoms with Crippen molar-refractivity contribution in [2.45, 2.75) is 26.3 Å². The fourth-order valence-electron chi connectivity index (χ4n) is 2.95. The Kier molecular flexibility index (Phi) is 5.58. The molecule has 4 nitrogen and oxygen atoms in total. The summed E-state index contributed by atoms with van der Waals surface area (Å²) in [6, 6.07) is 6.20. The molecule has 0 unspecified atom stereocenters. The van der Waals surface area contributed by atoms with E-state index in [1.165, 1.54) is 6.07 Å². The van der Waals surface area contributed by atoms with Gasteiger partial charge in [0.25, 0.3) is 5.91 Å². The van der Waals surface area contributed by atoms with Crippen molar-refractivity contribution in [3.8, 4) is 0 Å². The number of hydrogen-bond acceptors (Lipinski definition) is 4. The normalized spacial score (nSPS) is 16.2. The molecule has 1 amide bonds. The fourth-order valence-corrected chi connectivity index (χ4v) is 3.69. The molecule has 128 valence electrons. The standard InChI is InChI=1S/C18H22FN3OS/c1-2-17-20-14(13-24-17)12-21-8-5-9-22(11-10-21)18(23)15-6-3-4-7-16(15)19/h3-4,6-7,13H,2,5,8-12H2,1H3. The van der Waals surface area contributed by atoms with Crippen molar-refractivity contribution in [3.63, 3.8) is 0 Å². The average Bonchev–Trinajstić information content (AvgIpc) is 2.92. The van der Waals surface area contributed by atoms with Gasteiger partial charge in [-0.3, -0.25) is 9.69 Å². The van der Waals surface area contributed by atoms with Gasteiger partial charge < -0.3 is 4.90 Å². The molecule has 1 fully saturated rings. The van der Waals surface area contributed by atoms with Crippen LogP contribution < -0.4 is 0 Å². The molecule has 1 saturated heterocycles. The van der Waals surface area contributed by atoms with Crippen LogP contribution in [-0.2, 0) is 13.0 Å². The molecule has 2 aromatic rings. The summed E-state index contributed by atoms with van der Waals surface area (Å²) in [5.74, 6) is -0.657. The monoisotopic (exact) mass is 347 g/mol.